The summed E-state index contributed by atoms with van der Waals surface area (Å²) >= 11 is 0. The summed E-state index contributed by atoms with van der Waals surface area (Å²) in [5, 5.41) is 17.2. The Morgan fingerprint density at radius 1 is 1.10 bits per heavy atom. The van der Waals surface area contributed by atoms with Crippen LogP contribution in [0.15, 0.2) is 35.4 Å². The Labute approximate surface area is 178 Å². The molecule has 0 unspecified atom stereocenters. The van der Waals surface area contributed by atoms with Crippen molar-refractivity contribution in [2.75, 3.05) is 27.9 Å². The normalized spacial score (nSPS) is 10.5. The molecule has 0 aromatic heterocycles. The van der Waals surface area contributed by atoms with Crippen molar-refractivity contribution in [1.82, 2.24) is 10.7 Å². The summed E-state index contributed by atoms with van der Waals surface area (Å²) in [4.78, 5) is 34.5. The lowest BCUT2D eigenvalue weighted by atomic mass is 10.1. The van der Waals surface area contributed by atoms with Crippen LogP contribution in [-0.2, 0) is 4.79 Å². The summed E-state index contributed by atoms with van der Waals surface area (Å²) in [5.74, 6) is 0.0684. The number of aryl methyl sites for hydroxylation is 1. The molecule has 164 valence electrons. The molecule has 2 amide bonds. The fraction of sp³-hybridized carbons (Fsp3) is 0.250. The first-order chi connectivity index (χ1) is 14.8. The molecular formula is C20H22N4O7. The van der Waals surface area contributed by atoms with Crippen LogP contribution in [0.3, 0.4) is 0 Å². The summed E-state index contributed by atoms with van der Waals surface area (Å²) in [6, 6.07) is 7.35. The van der Waals surface area contributed by atoms with Gasteiger partial charge in [-0.25, -0.2) is 5.43 Å². The van der Waals surface area contributed by atoms with Gasteiger partial charge in [0.2, 0.25) is 5.75 Å². The van der Waals surface area contributed by atoms with Crippen molar-refractivity contribution < 1.29 is 28.7 Å². The number of methoxy groups -OCH3 is 3. The van der Waals surface area contributed by atoms with Gasteiger partial charge in [0.1, 0.15) is 0 Å². The first-order valence-electron chi connectivity index (χ1n) is 8.95. The number of hydrazone groups is 1. The minimum absolute atomic E-state index is 0.0750. The van der Waals surface area contributed by atoms with E-state index >= 15 is 0 Å². The number of amides is 2. The third-order valence-corrected chi connectivity index (χ3v) is 4.17. The van der Waals surface area contributed by atoms with E-state index < -0.39 is 16.7 Å². The molecule has 0 spiro atoms. The van der Waals surface area contributed by atoms with Crippen molar-refractivity contribution in [3.63, 3.8) is 0 Å². The highest BCUT2D eigenvalue weighted by molar-refractivity contribution is 5.97. The van der Waals surface area contributed by atoms with Crippen LogP contribution in [0.5, 0.6) is 17.2 Å². The highest BCUT2D eigenvalue weighted by Gasteiger charge is 2.16. The van der Waals surface area contributed by atoms with E-state index in [1.54, 1.807) is 19.1 Å². The molecule has 0 saturated heterocycles. The minimum Gasteiger partial charge on any atom is -0.493 e. The fourth-order valence-electron chi connectivity index (χ4n) is 2.60. The zero-order valence-corrected chi connectivity index (χ0v) is 17.4. The van der Waals surface area contributed by atoms with E-state index in [1.807, 2.05) is 0 Å². The molecule has 11 nitrogen and oxygen atoms in total. The molecular weight excluding hydrogens is 408 g/mol. The number of carbonyl (C=O) groups excluding carboxylic acids is 2. The Bertz CT molecular complexity index is 996. The maximum absolute atomic E-state index is 12.1. The predicted octanol–water partition coefficient (Wildman–Crippen LogP) is 1.81. The number of ether oxygens (including phenoxy) is 3. The second kappa shape index (κ2) is 10.6. The summed E-state index contributed by atoms with van der Waals surface area (Å²) in [5.41, 5.74) is 3.18. The lowest BCUT2D eigenvalue weighted by molar-refractivity contribution is -0.385. The molecule has 0 aliphatic rings. The average Bonchev–Trinajstić information content (AvgIpc) is 2.76. The van der Waals surface area contributed by atoms with E-state index in [0.717, 1.165) is 6.07 Å². The zero-order valence-electron chi connectivity index (χ0n) is 17.4. The lowest BCUT2D eigenvalue weighted by Crippen LogP contribution is -2.34. The molecule has 0 atom stereocenters. The molecule has 2 aromatic rings. The van der Waals surface area contributed by atoms with Gasteiger partial charge in [-0.05, 0) is 25.1 Å². The van der Waals surface area contributed by atoms with Crippen molar-refractivity contribution in [2.45, 2.75) is 6.92 Å². The largest absolute Gasteiger partial charge is 0.493 e. The van der Waals surface area contributed by atoms with Gasteiger partial charge in [-0.3, -0.25) is 19.7 Å². The van der Waals surface area contributed by atoms with E-state index in [2.05, 4.69) is 15.8 Å². The number of hydrogen-bond donors (Lipinski definition) is 2. The topological polar surface area (TPSA) is 141 Å². The molecule has 2 rings (SSSR count). The van der Waals surface area contributed by atoms with Crippen molar-refractivity contribution in [2.24, 2.45) is 5.10 Å². The first kappa shape index (κ1) is 23.1. The van der Waals surface area contributed by atoms with Crippen molar-refractivity contribution >= 4 is 23.7 Å². The molecule has 2 aromatic carbocycles. The Hall–Kier alpha value is -4.15. The average molecular weight is 430 g/mol. The molecule has 31 heavy (non-hydrogen) atoms. The molecule has 0 fully saturated rings. The van der Waals surface area contributed by atoms with Crippen LogP contribution in [0.25, 0.3) is 0 Å². The van der Waals surface area contributed by atoms with Crippen LogP contribution < -0.4 is 25.0 Å². The monoisotopic (exact) mass is 430 g/mol. The smallest absolute Gasteiger partial charge is 0.273 e. The number of rotatable bonds is 9. The second-order valence-electron chi connectivity index (χ2n) is 6.19. The molecule has 0 heterocycles. The predicted molar refractivity (Wildman–Crippen MR) is 112 cm³/mol. The molecule has 0 aliphatic carbocycles. The molecule has 0 bridgehead atoms. The Morgan fingerprint density at radius 2 is 1.74 bits per heavy atom. The van der Waals surface area contributed by atoms with Gasteiger partial charge in [0.15, 0.2) is 11.5 Å². The number of hydrogen-bond acceptors (Lipinski definition) is 8. The highest BCUT2D eigenvalue weighted by Crippen LogP contribution is 2.37. The van der Waals surface area contributed by atoms with Crippen molar-refractivity contribution in [3.8, 4) is 17.2 Å². The quantitative estimate of drug-likeness (QED) is 0.351. The zero-order chi connectivity index (χ0) is 23.0. The van der Waals surface area contributed by atoms with Crippen molar-refractivity contribution in [1.29, 1.82) is 0 Å². The standard InChI is InChI=1S/C20H22N4O7/c1-12-5-6-14(9-15(12)24(27)28)20(26)21-11-18(25)23-22-10-13-7-16(29-2)19(31-4)17(8-13)30-3/h5-10H,11H2,1-4H3,(H,21,26)(H,23,25)/b22-10+. The van der Waals surface area contributed by atoms with Gasteiger partial charge in [-0.2, -0.15) is 5.10 Å². The molecule has 2 N–H and O–H groups in total. The number of nitro groups is 1. The second-order valence-corrected chi connectivity index (χ2v) is 6.19. The summed E-state index contributed by atoms with van der Waals surface area (Å²) in [6.45, 7) is 1.20. The fourth-order valence-corrected chi connectivity index (χ4v) is 2.60. The number of carbonyl (C=O) groups is 2. The molecule has 0 radical (unpaired) electrons. The highest BCUT2D eigenvalue weighted by atomic mass is 16.6. The van der Waals surface area contributed by atoms with Gasteiger partial charge in [0.05, 0.1) is 39.0 Å². The summed E-state index contributed by atoms with van der Waals surface area (Å²) < 4.78 is 15.7. The van der Waals surface area contributed by atoms with Crippen LogP contribution >= 0.6 is 0 Å². The van der Waals surface area contributed by atoms with E-state index in [9.17, 15) is 19.7 Å². The lowest BCUT2D eigenvalue weighted by Gasteiger charge is -2.12. The maximum atomic E-state index is 12.1. The van der Waals surface area contributed by atoms with Crippen LogP contribution in [0.1, 0.15) is 21.5 Å². The van der Waals surface area contributed by atoms with E-state index in [1.165, 1.54) is 39.7 Å². The van der Waals surface area contributed by atoms with Crippen molar-refractivity contribution in [3.05, 3.63) is 57.1 Å². The number of nitro benzene ring substituents is 1. The van der Waals surface area contributed by atoms with Gasteiger partial charge in [0, 0.05) is 22.8 Å². The molecule has 0 aliphatic heterocycles. The Morgan fingerprint density at radius 3 is 2.29 bits per heavy atom. The van der Waals surface area contributed by atoms with E-state index in [0.29, 0.717) is 28.4 Å². The third-order valence-electron chi connectivity index (χ3n) is 4.17. The van der Waals surface area contributed by atoms with Gasteiger partial charge in [-0.15, -0.1) is 0 Å². The maximum Gasteiger partial charge on any atom is 0.273 e. The number of nitrogens with zero attached hydrogens (tertiary/aromatic N) is 2. The van der Waals surface area contributed by atoms with Crippen LogP contribution in [0, 0.1) is 17.0 Å². The Balaban J connectivity index is 1.97. The molecule has 0 saturated carbocycles. The van der Waals surface area contributed by atoms with Gasteiger partial charge in [0.25, 0.3) is 17.5 Å². The van der Waals surface area contributed by atoms with E-state index in [-0.39, 0.29) is 17.8 Å². The van der Waals surface area contributed by atoms with Gasteiger partial charge >= 0.3 is 0 Å². The van der Waals surface area contributed by atoms with Crippen LogP contribution in [0.4, 0.5) is 5.69 Å². The summed E-state index contributed by atoms with van der Waals surface area (Å²) in [7, 11) is 4.44. The summed E-state index contributed by atoms with van der Waals surface area (Å²) in [6.07, 6.45) is 1.37. The minimum atomic E-state index is -0.619. The SMILES string of the molecule is COc1cc(/C=N/NC(=O)CNC(=O)c2ccc(C)c([N+](=O)[O-])c2)cc(OC)c1OC. The number of benzene rings is 2. The van der Waals surface area contributed by atoms with Gasteiger partial charge in [-0.1, -0.05) is 6.07 Å². The molecule has 11 heteroatoms. The van der Waals surface area contributed by atoms with E-state index in [4.69, 9.17) is 14.2 Å². The van der Waals surface area contributed by atoms with Crippen LogP contribution in [0.2, 0.25) is 0 Å². The number of nitrogens with one attached hydrogen (secondary N) is 2. The van der Waals surface area contributed by atoms with Crippen LogP contribution in [-0.4, -0.2) is 50.8 Å². The Kier molecular flexibility index (Phi) is 7.89. The van der Waals surface area contributed by atoms with Gasteiger partial charge < -0.3 is 19.5 Å². The first-order valence-corrected chi connectivity index (χ1v) is 8.95. The third kappa shape index (κ3) is 5.92.